The molecule has 0 radical (unpaired) electrons. The van der Waals surface area contributed by atoms with Gasteiger partial charge in [0.15, 0.2) is 0 Å². The zero-order valence-corrected chi connectivity index (χ0v) is 14.7. The molecule has 1 fully saturated rings. The normalized spacial score (nSPS) is 18.7. The van der Waals surface area contributed by atoms with Crippen molar-refractivity contribution in [2.45, 2.75) is 17.4 Å². The smallest absolute Gasteiger partial charge is 0.246 e. The molecule has 0 N–H and O–H groups in total. The molecule has 9 heteroatoms. The molecule has 24 heavy (non-hydrogen) atoms. The van der Waals surface area contributed by atoms with Crippen molar-refractivity contribution in [3.8, 4) is 5.88 Å². The van der Waals surface area contributed by atoms with E-state index in [1.165, 1.54) is 0 Å². The average molecular weight is 419 g/mol. The molecule has 3 rings (SSSR count). The van der Waals surface area contributed by atoms with Crippen molar-refractivity contribution in [2.24, 2.45) is 0 Å². The Morgan fingerprint density at radius 2 is 2.04 bits per heavy atom. The first kappa shape index (κ1) is 17.2. The molecule has 0 unspecified atom stereocenters. The van der Waals surface area contributed by atoms with E-state index < -0.39 is 32.7 Å². The van der Waals surface area contributed by atoms with E-state index in [1.54, 1.807) is 18.3 Å². The van der Waals surface area contributed by atoms with Gasteiger partial charge < -0.3 is 4.74 Å². The number of rotatable bonds is 4. The topological polar surface area (TPSA) is 59.5 Å². The number of ether oxygens (including phenoxy) is 1. The highest BCUT2D eigenvalue weighted by molar-refractivity contribution is 9.10. The van der Waals surface area contributed by atoms with Gasteiger partial charge in [-0.15, -0.1) is 0 Å². The quantitative estimate of drug-likeness (QED) is 0.765. The van der Waals surface area contributed by atoms with Crippen molar-refractivity contribution in [2.75, 3.05) is 13.1 Å². The van der Waals surface area contributed by atoms with E-state index in [4.69, 9.17) is 4.74 Å². The Hall–Kier alpha value is -1.58. The summed E-state index contributed by atoms with van der Waals surface area (Å²) in [4.78, 5) is 3.40. The van der Waals surface area contributed by atoms with Gasteiger partial charge in [-0.05, 0) is 46.6 Å². The number of pyridine rings is 1. The second-order valence-corrected chi connectivity index (χ2v) is 8.10. The van der Waals surface area contributed by atoms with Crippen LogP contribution in [0.1, 0.15) is 6.42 Å². The zero-order valence-electron chi connectivity index (χ0n) is 12.3. The van der Waals surface area contributed by atoms with Crippen molar-refractivity contribution >= 4 is 26.0 Å². The first-order valence-corrected chi connectivity index (χ1v) is 9.33. The van der Waals surface area contributed by atoms with Crippen LogP contribution in [0.4, 0.5) is 8.78 Å². The fourth-order valence-electron chi connectivity index (χ4n) is 2.43. The van der Waals surface area contributed by atoms with Gasteiger partial charge in [-0.3, -0.25) is 0 Å². The Morgan fingerprint density at radius 1 is 1.25 bits per heavy atom. The molecule has 1 atom stereocenters. The zero-order chi connectivity index (χ0) is 17.3. The van der Waals surface area contributed by atoms with Gasteiger partial charge in [0, 0.05) is 23.3 Å². The monoisotopic (exact) mass is 418 g/mol. The molecule has 1 saturated heterocycles. The van der Waals surface area contributed by atoms with Gasteiger partial charge in [0.25, 0.3) is 0 Å². The van der Waals surface area contributed by atoms with E-state index in [9.17, 15) is 17.2 Å². The van der Waals surface area contributed by atoms with Crippen LogP contribution in [0.3, 0.4) is 0 Å². The van der Waals surface area contributed by atoms with Gasteiger partial charge in [-0.25, -0.2) is 22.2 Å². The Kier molecular flexibility index (Phi) is 4.84. The summed E-state index contributed by atoms with van der Waals surface area (Å²) >= 11 is 3.26. The van der Waals surface area contributed by atoms with Crippen LogP contribution in [0.2, 0.25) is 0 Å². The minimum Gasteiger partial charge on any atom is -0.473 e. The molecule has 0 saturated carbocycles. The summed E-state index contributed by atoms with van der Waals surface area (Å²) in [7, 11) is -4.11. The van der Waals surface area contributed by atoms with Crippen LogP contribution < -0.4 is 4.74 Å². The number of nitrogens with zero attached hydrogens (tertiary/aromatic N) is 2. The highest BCUT2D eigenvalue weighted by atomic mass is 79.9. The predicted octanol–water partition coefficient (Wildman–Crippen LogP) is 2.96. The van der Waals surface area contributed by atoms with E-state index >= 15 is 0 Å². The maximum Gasteiger partial charge on any atom is 0.246 e. The summed E-state index contributed by atoms with van der Waals surface area (Å²) in [6.07, 6.45) is 1.61. The van der Waals surface area contributed by atoms with Crippen LogP contribution in [-0.4, -0.2) is 36.9 Å². The van der Waals surface area contributed by atoms with Crippen molar-refractivity contribution < 1.29 is 21.9 Å². The second-order valence-electron chi connectivity index (χ2n) is 5.28. The van der Waals surface area contributed by atoms with Gasteiger partial charge in [-0.1, -0.05) is 0 Å². The third-order valence-corrected chi connectivity index (χ3v) is 5.96. The predicted molar refractivity (Wildman–Crippen MR) is 86.1 cm³/mol. The summed E-state index contributed by atoms with van der Waals surface area (Å²) < 4.78 is 59.6. The fraction of sp³-hybridized carbons (Fsp3) is 0.267. The molecule has 0 amide bonds. The van der Waals surface area contributed by atoms with Crippen LogP contribution in [-0.2, 0) is 10.0 Å². The molecular formula is C15H13BrF2N2O3S. The molecule has 0 spiro atoms. The van der Waals surface area contributed by atoms with Crippen LogP contribution in [0, 0.1) is 11.6 Å². The van der Waals surface area contributed by atoms with Crippen LogP contribution in [0.15, 0.2) is 45.9 Å². The molecule has 1 aliphatic heterocycles. The van der Waals surface area contributed by atoms with E-state index in [0.29, 0.717) is 18.4 Å². The standard InChI is InChI=1S/C15H13BrF2N2O3S/c16-10-1-4-15(19-8-10)23-12-5-6-20(9-12)24(21,22)14-7-11(17)2-3-13(14)18/h1-4,7-8,12H,5-6,9H2/t12-/m0/s1. The Labute approximate surface area is 146 Å². The molecule has 1 aromatic carbocycles. The van der Waals surface area contributed by atoms with Crippen molar-refractivity contribution in [1.82, 2.24) is 9.29 Å². The lowest BCUT2D eigenvalue weighted by Crippen LogP contribution is -2.31. The summed E-state index contributed by atoms with van der Waals surface area (Å²) in [6, 6.07) is 5.79. The fourth-order valence-corrected chi connectivity index (χ4v) is 4.23. The SMILES string of the molecule is O=S(=O)(c1cc(F)ccc1F)N1CC[C@H](Oc2ccc(Br)cn2)C1. The highest BCUT2D eigenvalue weighted by Crippen LogP contribution is 2.26. The van der Waals surface area contributed by atoms with Gasteiger partial charge in [0.2, 0.25) is 15.9 Å². The number of sulfonamides is 1. The molecule has 128 valence electrons. The maximum absolute atomic E-state index is 13.8. The molecule has 2 aromatic rings. The Balaban J connectivity index is 1.74. The number of aromatic nitrogens is 1. The highest BCUT2D eigenvalue weighted by Gasteiger charge is 2.35. The minimum absolute atomic E-state index is 0.0516. The molecular weight excluding hydrogens is 406 g/mol. The van der Waals surface area contributed by atoms with Crippen molar-refractivity contribution in [1.29, 1.82) is 0 Å². The molecule has 5 nitrogen and oxygen atoms in total. The molecule has 0 bridgehead atoms. The van der Waals surface area contributed by atoms with Gasteiger partial charge in [0.1, 0.15) is 22.6 Å². The molecule has 0 aliphatic carbocycles. The summed E-state index contributed by atoms with van der Waals surface area (Å²) in [6.45, 7) is 0.218. The summed E-state index contributed by atoms with van der Waals surface area (Å²) in [5.41, 5.74) is 0. The number of hydrogen-bond acceptors (Lipinski definition) is 4. The summed E-state index contributed by atoms with van der Waals surface area (Å²) in [5, 5.41) is 0. The Bertz CT molecular complexity index is 846. The van der Waals surface area contributed by atoms with E-state index in [0.717, 1.165) is 20.9 Å². The third-order valence-electron chi connectivity index (χ3n) is 3.61. The van der Waals surface area contributed by atoms with Gasteiger partial charge in [-0.2, -0.15) is 4.31 Å². The van der Waals surface area contributed by atoms with Gasteiger partial charge >= 0.3 is 0 Å². The number of halogens is 3. The number of hydrogen-bond donors (Lipinski definition) is 0. The molecule has 2 heterocycles. The van der Waals surface area contributed by atoms with Crippen molar-refractivity contribution in [3.63, 3.8) is 0 Å². The average Bonchev–Trinajstić information content (AvgIpc) is 3.01. The summed E-state index contributed by atoms with van der Waals surface area (Å²) in [5.74, 6) is -1.41. The molecule has 1 aliphatic rings. The first-order valence-electron chi connectivity index (χ1n) is 7.09. The van der Waals surface area contributed by atoms with Gasteiger partial charge in [0.05, 0.1) is 6.54 Å². The lowest BCUT2D eigenvalue weighted by atomic mass is 10.3. The lowest BCUT2D eigenvalue weighted by Gasteiger charge is -2.17. The Morgan fingerprint density at radius 3 is 2.75 bits per heavy atom. The lowest BCUT2D eigenvalue weighted by molar-refractivity contribution is 0.207. The second kappa shape index (κ2) is 6.73. The van der Waals surface area contributed by atoms with Crippen molar-refractivity contribution in [3.05, 3.63) is 52.6 Å². The maximum atomic E-state index is 13.8. The van der Waals surface area contributed by atoms with Crippen LogP contribution >= 0.6 is 15.9 Å². The minimum atomic E-state index is -4.11. The van der Waals surface area contributed by atoms with E-state index in [1.807, 2.05) is 0 Å². The molecule has 1 aromatic heterocycles. The van der Waals surface area contributed by atoms with E-state index in [-0.39, 0.29) is 13.1 Å². The third kappa shape index (κ3) is 3.57. The number of benzene rings is 1. The van der Waals surface area contributed by atoms with Crippen LogP contribution in [0.5, 0.6) is 5.88 Å². The first-order chi connectivity index (χ1) is 11.4. The van der Waals surface area contributed by atoms with E-state index in [2.05, 4.69) is 20.9 Å². The van der Waals surface area contributed by atoms with Crippen LogP contribution in [0.25, 0.3) is 0 Å². The largest absolute Gasteiger partial charge is 0.473 e.